The molecule has 126 valence electrons. The molecule has 0 atom stereocenters. The molecule has 0 saturated heterocycles. The number of nitrogens with one attached hydrogen (secondary N) is 2. The topological polar surface area (TPSA) is 37.0 Å². The van der Waals surface area contributed by atoms with Gasteiger partial charge in [0.05, 0.1) is 11.9 Å². The van der Waals surface area contributed by atoms with Crippen LogP contribution in [0.3, 0.4) is 0 Å². The van der Waals surface area contributed by atoms with Gasteiger partial charge >= 0.3 is 0 Å². The van der Waals surface area contributed by atoms with Crippen LogP contribution in [0.1, 0.15) is 11.1 Å². The lowest BCUT2D eigenvalue weighted by molar-refractivity contribution is 0.924. The van der Waals surface area contributed by atoms with E-state index >= 15 is 0 Å². The van der Waals surface area contributed by atoms with Crippen LogP contribution in [0.4, 0.5) is 5.69 Å². The van der Waals surface area contributed by atoms with E-state index in [1.165, 1.54) is 16.0 Å². The molecule has 2 aromatic carbocycles. The highest BCUT2D eigenvalue weighted by molar-refractivity contribution is 7.99. The first kappa shape index (κ1) is 17.5. The lowest BCUT2D eigenvalue weighted by atomic mass is 10.1. The second kappa shape index (κ2) is 8.65. The van der Waals surface area contributed by atoms with Crippen molar-refractivity contribution in [2.45, 2.75) is 23.4 Å². The number of pyridine rings is 1. The van der Waals surface area contributed by atoms with E-state index < -0.39 is 0 Å². The van der Waals surface area contributed by atoms with E-state index in [-0.39, 0.29) is 0 Å². The Morgan fingerprint density at radius 3 is 2.44 bits per heavy atom. The molecule has 3 rings (SSSR count). The smallest absolute Gasteiger partial charge is 0.171 e. The summed E-state index contributed by atoms with van der Waals surface area (Å²) in [7, 11) is 0. The van der Waals surface area contributed by atoms with E-state index in [0.29, 0.717) is 11.7 Å². The van der Waals surface area contributed by atoms with Crippen LogP contribution in [0, 0.1) is 6.92 Å². The third kappa shape index (κ3) is 5.59. The SMILES string of the molecule is Cc1ccc(CNC(=S)Nc2ccc(Sc3ccccc3)nc2)cc1. The van der Waals surface area contributed by atoms with Gasteiger partial charge in [-0.05, 0) is 49.0 Å². The summed E-state index contributed by atoms with van der Waals surface area (Å²) < 4.78 is 0. The zero-order valence-corrected chi connectivity index (χ0v) is 15.5. The zero-order chi connectivity index (χ0) is 17.5. The van der Waals surface area contributed by atoms with Crippen molar-refractivity contribution in [3.8, 4) is 0 Å². The van der Waals surface area contributed by atoms with Crippen LogP contribution in [0.5, 0.6) is 0 Å². The van der Waals surface area contributed by atoms with Crippen LogP contribution in [0.25, 0.3) is 0 Å². The molecule has 0 bridgehead atoms. The van der Waals surface area contributed by atoms with Crippen molar-refractivity contribution in [1.29, 1.82) is 0 Å². The summed E-state index contributed by atoms with van der Waals surface area (Å²) >= 11 is 6.98. The molecule has 2 N–H and O–H groups in total. The fourth-order valence-corrected chi connectivity index (χ4v) is 3.15. The molecule has 0 unspecified atom stereocenters. The maximum Gasteiger partial charge on any atom is 0.171 e. The first-order chi connectivity index (χ1) is 12.2. The summed E-state index contributed by atoms with van der Waals surface area (Å²) in [4.78, 5) is 5.64. The van der Waals surface area contributed by atoms with Gasteiger partial charge < -0.3 is 10.6 Å². The van der Waals surface area contributed by atoms with Crippen molar-refractivity contribution in [3.63, 3.8) is 0 Å². The van der Waals surface area contributed by atoms with Gasteiger partial charge in [-0.25, -0.2) is 4.98 Å². The number of nitrogens with zero attached hydrogens (tertiary/aromatic N) is 1. The molecule has 3 nitrogen and oxygen atoms in total. The summed E-state index contributed by atoms with van der Waals surface area (Å²) in [6.45, 7) is 2.78. The Labute approximate surface area is 157 Å². The largest absolute Gasteiger partial charge is 0.358 e. The molecular formula is C20H19N3S2. The molecule has 0 aliphatic heterocycles. The molecule has 0 radical (unpaired) electrons. The predicted molar refractivity (Wildman–Crippen MR) is 109 cm³/mol. The third-order valence-corrected chi connectivity index (χ3v) is 4.74. The molecule has 0 spiro atoms. The molecule has 0 aliphatic rings. The number of thiocarbonyl (C=S) groups is 1. The molecule has 25 heavy (non-hydrogen) atoms. The Morgan fingerprint density at radius 2 is 1.76 bits per heavy atom. The van der Waals surface area contributed by atoms with Gasteiger partial charge in [0.15, 0.2) is 5.11 Å². The Balaban J connectivity index is 1.50. The normalized spacial score (nSPS) is 10.3. The van der Waals surface area contributed by atoms with Gasteiger partial charge in [0.1, 0.15) is 5.03 Å². The van der Waals surface area contributed by atoms with E-state index in [0.717, 1.165) is 10.7 Å². The van der Waals surface area contributed by atoms with Crippen LogP contribution in [0.15, 0.2) is 82.8 Å². The van der Waals surface area contributed by atoms with Crippen LogP contribution in [0.2, 0.25) is 0 Å². The molecule has 1 heterocycles. The number of aromatic nitrogens is 1. The highest BCUT2D eigenvalue weighted by Gasteiger charge is 2.01. The van der Waals surface area contributed by atoms with Gasteiger partial charge in [-0.15, -0.1) is 0 Å². The van der Waals surface area contributed by atoms with E-state index in [1.54, 1.807) is 18.0 Å². The predicted octanol–water partition coefficient (Wildman–Crippen LogP) is 5.03. The summed E-state index contributed by atoms with van der Waals surface area (Å²) in [6.07, 6.45) is 1.80. The zero-order valence-electron chi connectivity index (χ0n) is 13.9. The standard InChI is InChI=1S/C20H19N3S2/c1-15-7-9-16(10-8-15)13-22-20(24)23-17-11-12-19(21-14-17)25-18-5-3-2-4-6-18/h2-12,14H,13H2,1H3,(H2,22,23,24). The first-order valence-electron chi connectivity index (χ1n) is 7.98. The fourth-order valence-electron chi connectivity index (χ4n) is 2.19. The van der Waals surface area contributed by atoms with Crippen molar-refractivity contribution < 1.29 is 0 Å². The highest BCUT2D eigenvalue weighted by atomic mass is 32.2. The molecular weight excluding hydrogens is 346 g/mol. The van der Waals surface area contributed by atoms with Crippen LogP contribution in [-0.2, 0) is 6.54 Å². The third-order valence-electron chi connectivity index (χ3n) is 3.53. The van der Waals surface area contributed by atoms with Gasteiger partial charge in [-0.2, -0.15) is 0 Å². The van der Waals surface area contributed by atoms with Crippen LogP contribution < -0.4 is 10.6 Å². The van der Waals surface area contributed by atoms with Gasteiger partial charge in [-0.1, -0.05) is 59.8 Å². The molecule has 0 saturated carbocycles. The molecule has 1 aromatic heterocycles. The Bertz CT molecular complexity index is 816. The number of hydrogen-bond acceptors (Lipinski definition) is 3. The second-order valence-electron chi connectivity index (χ2n) is 5.59. The number of benzene rings is 2. The maximum atomic E-state index is 5.34. The van der Waals surface area contributed by atoms with E-state index in [2.05, 4.69) is 58.9 Å². The molecule has 3 aromatic rings. The average Bonchev–Trinajstić information content (AvgIpc) is 2.64. The lowest BCUT2D eigenvalue weighted by Crippen LogP contribution is -2.27. The summed E-state index contributed by atoms with van der Waals surface area (Å²) in [5, 5.41) is 7.91. The minimum Gasteiger partial charge on any atom is -0.358 e. The number of hydrogen-bond donors (Lipinski definition) is 2. The van der Waals surface area contributed by atoms with Crippen molar-refractivity contribution >= 4 is 34.8 Å². The Hall–Kier alpha value is -2.37. The number of aryl methyl sites for hydroxylation is 1. The summed E-state index contributed by atoms with van der Waals surface area (Å²) in [5.41, 5.74) is 3.32. The van der Waals surface area contributed by atoms with Gasteiger partial charge in [0.25, 0.3) is 0 Å². The first-order valence-corrected chi connectivity index (χ1v) is 9.21. The fraction of sp³-hybridized carbons (Fsp3) is 0.100. The van der Waals surface area contributed by atoms with E-state index in [9.17, 15) is 0 Å². The van der Waals surface area contributed by atoms with Crippen molar-refractivity contribution in [3.05, 3.63) is 84.1 Å². The summed E-state index contributed by atoms with van der Waals surface area (Å²) in [6, 6.07) is 22.6. The molecule has 0 fully saturated rings. The number of rotatable bonds is 5. The maximum absolute atomic E-state index is 5.34. The van der Waals surface area contributed by atoms with Crippen molar-refractivity contribution in [2.24, 2.45) is 0 Å². The number of anilines is 1. The van der Waals surface area contributed by atoms with Crippen LogP contribution in [-0.4, -0.2) is 10.1 Å². The lowest BCUT2D eigenvalue weighted by Gasteiger charge is -2.11. The quantitative estimate of drug-likeness (QED) is 0.620. The second-order valence-corrected chi connectivity index (χ2v) is 7.10. The highest BCUT2D eigenvalue weighted by Crippen LogP contribution is 2.25. The minimum absolute atomic E-state index is 0.589. The minimum atomic E-state index is 0.589. The average molecular weight is 366 g/mol. The monoisotopic (exact) mass is 365 g/mol. The van der Waals surface area contributed by atoms with E-state index in [1.807, 2.05) is 30.3 Å². The van der Waals surface area contributed by atoms with Gasteiger partial charge in [0.2, 0.25) is 0 Å². The molecule has 0 amide bonds. The van der Waals surface area contributed by atoms with Gasteiger partial charge in [-0.3, -0.25) is 0 Å². The van der Waals surface area contributed by atoms with Crippen molar-refractivity contribution in [1.82, 2.24) is 10.3 Å². The van der Waals surface area contributed by atoms with Gasteiger partial charge in [0, 0.05) is 11.4 Å². The Morgan fingerprint density at radius 1 is 1.00 bits per heavy atom. The molecule has 5 heteroatoms. The Kier molecular flexibility index (Phi) is 6.04. The van der Waals surface area contributed by atoms with Crippen LogP contribution >= 0.6 is 24.0 Å². The summed E-state index contributed by atoms with van der Waals surface area (Å²) in [5.74, 6) is 0. The molecule has 0 aliphatic carbocycles. The van der Waals surface area contributed by atoms with Crippen molar-refractivity contribution in [2.75, 3.05) is 5.32 Å². The van der Waals surface area contributed by atoms with E-state index in [4.69, 9.17) is 12.2 Å².